The highest BCUT2D eigenvalue weighted by Gasteiger charge is 2.09. The van der Waals surface area contributed by atoms with E-state index in [1.807, 2.05) is 24.3 Å². The Morgan fingerprint density at radius 1 is 1.44 bits per heavy atom. The molecule has 0 saturated heterocycles. The van der Waals surface area contributed by atoms with Crippen molar-refractivity contribution >= 4 is 22.8 Å². The maximum Gasteiger partial charge on any atom is 0.166 e. The molecule has 0 spiro atoms. The van der Waals surface area contributed by atoms with Gasteiger partial charge in [0.25, 0.3) is 0 Å². The van der Waals surface area contributed by atoms with Crippen molar-refractivity contribution in [2.75, 3.05) is 18.9 Å². The molecular weight excluding hydrogens is 246 g/mol. The van der Waals surface area contributed by atoms with Crippen LogP contribution in [0.25, 0.3) is 11.0 Å². The fourth-order valence-electron chi connectivity index (χ4n) is 1.70. The molecule has 5 heteroatoms. The lowest BCUT2D eigenvalue weighted by Gasteiger charge is -2.14. The molecule has 0 aliphatic heterocycles. The van der Waals surface area contributed by atoms with Gasteiger partial charge in [0.1, 0.15) is 0 Å². The summed E-state index contributed by atoms with van der Waals surface area (Å²) in [7, 11) is 0. The predicted molar refractivity (Wildman–Crippen MR) is 76.0 cm³/mol. The molecule has 1 atom stereocenters. The van der Waals surface area contributed by atoms with Crippen LogP contribution >= 0.6 is 11.8 Å². The van der Waals surface area contributed by atoms with Gasteiger partial charge in [-0.25, -0.2) is 4.98 Å². The minimum Gasteiger partial charge on any atom is -0.395 e. The first-order chi connectivity index (χ1) is 8.83. The second kappa shape index (κ2) is 6.78. The van der Waals surface area contributed by atoms with Crippen LogP contribution in [-0.4, -0.2) is 40.0 Å². The molecule has 2 aromatic rings. The summed E-state index contributed by atoms with van der Waals surface area (Å²) >= 11 is 1.64. The number of hydrogen-bond acceptors (Lipinski definition) is 4. The van der Waals surface area contributed by atoms with Gasteiger partial charge in [0.15, 0.2) is 5.16 Å². The quantitative estimate of drug-likeness (QED) is 0.670. The van der Waals surface area contributed by atoms with E-state index in [9.17, 15) is 5.11 Å². The van der Waals surface area contributed by atoms with Crippen molar-refractivity contribution in [2.45, 2.75) is 24.5 Å². The number of thioether (sulfide) groups is 1. The topological polar surface area (TPSA) is 60.9 Å². The first kappa shape index (κ1) is 13.4. The smallest absolute Gasteiger partial charge is 0.166 e. The standard InChI is InChI=1S/C13H19N3OS/c1-2-7-14-10(8-17)9-18-13-15-11-5-3-4-6-12(11)16-13/h3-6,10,14,17H,2,7-9H2,1H3,(H,15,16). The van der Waals surface area contributed by atoms with E-state index in [1.54, 1.807) is 11.8 Å². The van der Waals surface area contributed by atoms with Crippen LogP contribution in [0.4, 0.5) is 0 Å². The van der Waals surface area contributed by atoms with Crippen LogP contribution in [0.5, 0.6) is 0 Å². The third kappa shape index (κ3) is 3.48. The highest BCUT2D eigenvalue weighted by Crippen LogP contribution is 2.19. The van der Waals surface area contributed by atoms with Crippen molar-refractivity contribution in [3.63, 3.8) is 0 Å². The second-order valence-corrected chi connectivity index (χ2v) is 5.21. The Labute approximate surface area is 111 Å². The number of benzene rings is 1. The summed E-state index contributed by atoms with van der Waals surface area (Å²) in [5, 5.41) is 13.5. The Balaban J connectivity index is 1.92. The Kier molecular flexibility index (Phi) is 5.04. The molecule has 1 unspecified atom stereocenters. The summed E-state index contributed by atoms with van der Waals surface area (Å²) < 4.78 is 0. The first-order valence-electron chi connectivity index (χ1n) is 6.25. The number of para-hydroxylation sites is 2. The highest BCUT2D eigenvalue weighted by molar-refractivity contribution is 7.99. The maximum atomic E-state index is 9.26. The van der Waals surface area contributed by atoms with Gasteiger partial charge in [-0.3, -0.25) is 0 Å². The van der Waals surface area contributed by atoms with E-state index < -0.39 is 0 Å². The van der Waals surface area contributed by atoms with Crippen molar-refractivity contribution in [1.82, 2.24) is 15.3 Å². The van der Waals surface area contributed by atoms with Gasteiger partial charge in [0.05, 0.1) is 17.6 Å². The Morgan fingerprint density at radius 3 is 3.00 bits per heavy atom. The molecule has 0 radical (unpaired) electrons. The molecule has 0 amide bonds. The van der Waals surface area contributed by atoms with E-state index in [2.05, 4.69) is 22.2 Å². The summed E-state index contributed by atoms with van der Waals surface area (Å²) in [6.45, 7) is 3.22. The fourth-order valence-corrected chi connectivity index (χ4v) is 2.63. The molecule has 0 aliphatic rings. The van der Waals surface area contributed by atoms with E-state index in [0.29, 0.717) is 0 Å². The molecule has 18 heavy (non-hydrogen) atoms. The molecule has 1 aromatic carbocycles. The summed E-state index contributed by atoms with van der Waals surface area (Å²) in [5.41, 5.74) is 2.05. The van der Waals surface area contributed by atoms with E-state index in [-0.39, 0.29) is 12.6 Å². The lowest BCUT2D eigenvalue weighted by Crippen LogP contribution is -2.35. The van der Waals surface area contributed by atoms with Gasteiger partial charge in [-0.15, -0.1) is 0 Å². The molecular formula is C13H19N3OS. The van der Waals surface area contributed by atoms with Gasteiger partial charge in [-0.05, 0) is 25.1 Å². The zero-order valence-electron chi connectivity index (χ0n) is 10.5. The number of nitrogens with zero attached hydrogens (tertiary/aromatic N) is 1. The van der Waals surface area contributed by atoms with E-state index in [1.165, 1.54) is 0 Å². The Hall–Kier alpha value is -1.04. The third-order valence-corrected chi connectivity index (χ3v) is 3.73. The number of aliphatic hydroxyl groups is 1. The van der Waals surface area contributed by atoms with Crippen molar-refractivity contribution in [1.29, 1.82) is 0 Å². The molecule has 0 bridgehead atoms. The molecule has 2 rings (SSSR count). The SMILES string of the molecule is CCCNC(CO)CSc1nc2ccccc2[nH]1. The first-order valence-corrected chi connectivity index (χ1v) is 7.24. The number of nitrogens with one attached hydrogen (secondary N) is 2. The van der Waals surface area contributed by atoms with Gasteiger partial charge < -0.3 is 15.4 Å². The number of aromatic nitrogens is 2. The number of hydrogen-bond donors (Lipinski definition) is 3. The van der Waals surface area contributed by atoms with Crippen LogP contribution in [0.3, 0.4) is 0 Å². The van der Waals surface area contributed by atoms with Crippen LogP contribution in [0.2, 0.25) is 0 Å². The maximum absolute atomic E-state index is 9.26. The van der Waals surface area contributed by atoms with Crippen LogP contribution in [0.15, 0.2) is 29.4 Å². The largest absolute Gasteiger partial charge is 0.395 e. The fraction of sp³-hybridized carbons (Fsp3) is 0.462. The van der Waals surface area contributed by atoms with Gasteiger partial charge in [-0.1, -0.05) is 30.8 Å². The summed E-state index contributed by atoms with van der Waals surface area (Å²) in [6.07, 6.45) is 1.08. The molecule has 1 heterocycles. The highest BCUT2D eigenvalue weighted by atomic mass is 32.2. The summed E-state index contributed by atoms with van der Waals surface area (Å²) in [5.74, 6) is 0.816. The second-order valence-electron chi connectivity index (χ2n) is 4.20. The van der Waals surface area contributed by atoms with Crippen LogP contribution in [-0.2, 0) is 0 Å². The normalized spacial score (nSPS) is 13.0. The predicted octanol–water partition coefficient (Wildman–Crippen LogP) is 2.02. The average molecular weight is 265 g/mol. The summed E-state index contributed by atoms with van der Waals surface area (Å²) in [4.78, 5) is 7.77. The minimum atomic E-state index is 0.128. The van der Waals surface area contributed by atoms with Crippen LogP contribution in [0.1, 0.15) is 13.3 Å². The van der Waals surface area contributed by atoms with Crippen molar-refractivity contribution in [3.05, 3.63) is 24.3 Å². The zero-order chi connectivity index (χ0) is 12.8. The molecule has 0 fully saturated rings. The van der Waals surface area contributed by atoms with Crippen molar-refractivity contribution in [2.24, 2.45) is 0 Å². The molecule has 98 valence electrons. The number of fused-ring (bicyclic) bond motifs is 1. The molecule has 4 nitrogen and oxygen atoms in total. The van der Waals surface area contributed by atoms with Crippen LogP contribution < -0.4 is 5.32 Å². The number of rotatable bonds is 7. The molecule has 0 saturated carbocycles. The van der Waals surface area contributed by atoms with Gasteiger partial charge >= 0.3 is 0 Å². The molecule has 0 aliphatic carbocycles. The van der Waals surface area contributed by atoms with E-state index in [4.69, 9.17) is 0 Å². The van der Waals surface area contributed by atoms with Crippen molar-refractivity contribution < 1.29 is 5.11 Å². The lowest BCUT2D eigenvalue weighted by molar-refractivity contribution is 0.254. The molecule has 3 N–H and O–H groups in total. The number of H-pyrrole nitrogens is 1. The van der Waals surface area contributed by atoms with E-state index in [0.717, 1.165) is 34.9 Å². The van der Waals surface area contributed by atoms with Crippen molar-refractivity contribution in [3.8, 4) is 0 Å². The summed E-state index contributed by atoms with van der Waals surface area (Å²) in [6, 6.07) is 8.12. The lowest BCUT2D eigenvalue weighted by atomic mass is 10.3. The zero-order valence-corrected chi connectivity index (χ0v) is 11.3. The minimum absolute atomic E-state index is 0.128. The molecule has 1 aromatic heterocycles. The van der Waals surface area contributed by atoms with E-state index >= 15 is 0 Å². The van der Waals surface area contributed by atoms with Gasteiger partial charge in [0, 0.05) is 11.8 Å². The van der Waals surface area contributed by atoms with Gasteiger partial charge in [0.2, 0.25) is 0 Å². The monoisotopic (exact) mass is 265 g/mol. The van der Waals surface area contributed by atoms with Crippen LogP contribution in [0, 0.1) is 0 Å². The third-order valence-electron chi connectivity index (χ3n) is 2.69. The number of aromatic amines is 1. The Bertz CT molecular complexity index is 453. The van der Waals surface area contributed by atoms with Gasteiger partial charge in [-0.2, -0.15) is 0 Å². The number of imidazole rings is 1. The number of aliphatic hydroxyl groups excluding tert-OH is 1. The average Bonchev–Trinajstić information content (AvgIpc) is 2.81. The Morgan fingerprint density at radius 2 is 2.28 bits per heavy atom.